The number of hydrogen-bond acceptors (Lipinski definition) is 1. The van der Waals surface area contributed by atoms with Crippen LogP contribution in [0.1, 0.15) is 34.1 Å². The van der Waals surface area contributed by atoms with Crippen LogP contribution in [0.15, 0.2) is 0 Å². The number of carbonyl (C=O) groups excluding carboxylic acids is 1. The van der Waals surface area contributed by atoms with Gasteiger partial charge in [0.2, 0.25) is 5.91 Å². The second-order valence-corrected chi connectivity index (χ2v) is 4.43. The summed E-state index contributed by atoms with van der Waals surface area (Å²) in [6, 6.07) is 0. The lowest BCUT2D eigenvalue weighted by Gasteiger charge is -2.17. The number of hydrogen-bond donors (Lipinski definition) is 1. The van der Waals surface area contributed by atoms with Crippen LogP contribution in [0.25, 0.3) is 0 Å². The summed E-state index contributed by atoms with van der Waals surface area (Å²) in [5.74, 6) is 0.923. The van der Waals surface area contributed by atoms with E-state index < -0.39 is 0 Å². The Kier molecular flexibility index (Phi) is 1.95. The van der Waals surface area contributed by atoms with Gasteiger partial charge < -0.3 is 5.32 Å². The highest BCUT2D eigenvalue weighted by Gasteiger charge is 2.38. The Morgan fingerprint density at radius 2 is 2.09 bits per heavy atom. The summed E-state index contributed by atoms with van der Waals surface area (Å²) >= 11 is 0. The molecule has 1 heterocycles. The van der Waals surface area contributed by atoms with Crippen LogP contribution < -0.4 is 5.32 Å². The van der Waals surface area contributed by atoms with E-state index >= 15 is 0 Å². The maximum atomic E-state index is 11.3. The maximum Gasteiger partial charge on any atom is 0.223 e. The zero-order chi connectivity index (χ0) is 8.65. The summed E-state index contributed by atoms with van der Waals surface area (Å²) in [7, 11) is 0. The van der Waals surface area contributed by atoms with E-state index in [1.165, 1.54) is 0 Å². The molecule has 1 N–H and O–H groups in total. The number of amides is 1. The Balaban J connectivity index is 2.67. The van der Waals surface area contributed by atoms with Crippen molar-refractivity contribution in [2.24, 2.45) is 11.8 Å². The smallest absolute Gasteiger partial charge is 0.223 e. The fourth-order valence-corrected chi connectivity index (χ4v) is 1.66. The molecule has 64 valence electrons. The predicted octanol–water partition coefficient (Wildman–Crippen LogP) is 1.56. The fraction of sp³-hybridized carbons (Fsp3) is 0.889. The van der Waals surface area contributed by atoms with Crippen LogP contribution >= 0.6 is 0 Å². The van der Waals surface area contributed by atoms with Gasteiger partial charge in [0, 0.05) is 11.5 Å². The van der Waals surface area contributed by atoms with Crippen LogP contribution in [0.4, 0.5) is 0 Å². The lowest BCUT2D eigenvalue weighted by atomic mass is 9.89. The number of nitrogens with one attached hydrogen (secondary N) is 1. The summed E-state index contributed by atoms with van der Waals surface area (Å²) in [5.41, 5.74) is 0.0199. The standard InChI is InChI=1S/C9H17NO/c1-6(2)7-5-9(3,4)10-8(7)11/h6-7H,5H2,1-4H3,(H,10,11)/t7-/m1/s1. The monoisotopic (exact) mass is 155 g/mol. The molecule has 1 aliphatic rings. The van der Waals surface area contributed by atoms with Crippen molar-refractivity contribution in [1.29, 1.82) is 0 Å². The molecule has 0 radical (unpaired) electrons. The SMILES string of the molecule is CC(C)[C@H]1CC(C)(C)NC1=O. The van der Waals surface area contributed by atoms with Crippen molar-refractivity contribution in [2.75, 3.05) is 0 Å². The van der Waals surface area contributed by atoms with Crippen LogP contribution in [0.5, 0.6) is 0 Å². The molecule has 1 saturated heterocycles. The molecule has 0 saturated carbocycles. The maximum absolute atomic E-state index is 11.3. The van der Waals surface area contributed by atoms with Gasteiger partial charge in [0.25, 0.3) is 0 Å². The molecule has 0 spiro atoms. The molecule has 2 heteroatoms. The summed E-state index contributed by atoms with van der Waals surface area (Å²) in [6.45, 7) is 8.36. The van der Waals surface area contributed by atoms with Crippen molar-refractivity contribution in [3.63, 3.8) is 0 Å². The molecule has 1 aliphatic heterocycles. The normalized spacial score (nSPS) is 29.2. The molecule has 0 aromatic rings. The molecule has 0 aromatic heterocycles. The topological polar surface area (TPSA) is 29.1 Å². The predicted molar refractivity (Wildman–Crippen MR) is 45.2 cm³/mol. The molecule has 1 amide bonds. The van der Waals surface area contributed by atoms with Gasteiger partial charge in [-0.2, -0.15) is 0 Å². The van der Waals surface area contributed by atoms with Crippen LogP contribution in [-0.4, -0.2) is 11.4 Å². The van der Waals surface area contributed by atoms with Gasteiger partial charge in [0.05, 0.1) is 0 Å². The minimum Gasteiger partial charge on any atom is -0.351 e. The first-order valence-corrected chi connectivity index (χ1v) is 4.24. The zero-order valence-electron chi connectivity index (χ0n) is 7.77. The molecule has 0 aromatic carbocycles. The van der Waals surface area contributed by atoms with E-state index in [4.69, 9.17) is 0 Å². The molecular formula is C9H17NO. The average Bonchev–Trinajstić information content (AvgIpc) is 2.05. The summed E-state index contributed by atoms with van der Waals surface area (Å²) in [6.07, 6.45) is 0.976. The molecule has 11 heavy (non-hydrogen) atoms. The van der Waals surface area contributed by atoms with Gasteiger partial charge in [0.15, 0.2) is 0 Å². The first-order valence-electron chi connectivity index (χ1n) is 4.24. The average molecular weight is 155 g/mol. The third-order valence-electron chi connectivity index (χ3n) is 2.33. The van der Waals surface area contributed by atoms with Gasteiger partial charge in [-0.1, -0.05) is 13.8 Å². The van der Waals surface area contributed by atoms with Crippen LogP contribution in [0.2, 0.25) is 0 Å². The van der Waals surface area contributed by atoms with E-state index in [-0.39, 0.29) is 17.4 Å². The summed E-state index contributed by atoms with van der Waals surface area (Å²) in [5, 5.41) is 2.99. The van der Waals surface area contributed by atoms with Crippen LogP contribution in [0.3, 0.4) is 0 Å². The number of carbonyl (C=O) groups is 1. The molecule has 0 bridgehead atoms. The van der Waals surface area contributed by atoms with E-state index in [9.17, 15) is 4.79 Å². The first kappa shape index (κ1) is 8.57. The molecule has 1 rings (SSSR count). The molecule has 2 nitrogen and oxygen atoms in total. The van der Waals surface area contributed by atoms with Crippen molar-refractivity contribution in [2.45, 2.75) is 39.7 Å². The van der Waals surface area contributed by atoms with Gasteiger partial charge in [-0.15, -0.1) is 0 Å². The van der Waals surface area contributed by atoms with Gasteiger partial charge >= 0.3 is 0 Å². The van der Waals surface area contributed by atoms with Crippen molar-refractivity contribution in [3.8, 4) is 0 Å². The van der Waals surface area contributed by atoms with Gasteiger partial charge in [-0.25, -0.2) is 0 Å². The van der Waals surface area contributed by atoms with Crippen molar-refractivity contribution in [3.05, 3.63) is 0 Å². The fourth-order valence-electron chi connectivity index (χ4n) is 1.66. The highest BCUT2D eigenvalue weighted by atomic mass is 16.2. The van der Waals surface area contributed by atoms with E-state index in [2.05, 4.69) is 33.0 Å². The Labute approximate surface area is 68.4 Å². The molecule has 0 aliphatic carbocycles. The highest BCUT2D eigenvalue weighted by molar-refractivity contribution is 5.82. The van der Waals surface area contributed by atoms with Gasteiger partial charge in [-0.3, -0.25) is 4.79 Å². The summed E-state index contributed by atoms with van der Waals surface area (Å²) < 4.78 is 0. The van der Waals surface area contributed by atoms with Crippen molar-refractivity contribution >= 4 is 5.91 Å². The largest absolute Gasteiger partial charge is 0.351 e. The van der Waals surface area contributed by atoms with Crippen molar-refractivity contribution in [1.82, 2.24) is 5.32 Å². The summed E-state index contributed by atoms with van der Waals surface area (Å²) in [4.78, 5) is 11.3. The van der Waals surface area contributed by atoms with E-state index in [1.807, 2.05) is 0 Å². The van der Waals surface area contributed by atoms with Crippen LogP contribution in [0, 0.1) is 11.8 Å². The van der Waals surface area contributed by atoms with Crippen molar-refractivity contribution < 1.29 is 4.79 Å². The minimum absolute atomic E-state index is 0.0199. The minimum atomic E-state index is 0.0199. The zero-order valence-corrected chi connectivity index (χ0v) is 7.77. The number of rotatable bonds is 1. The van der Waals surface area contributed by atoms with Crippen LogP contribution in [-0.2, 0) is 4.79 Å². The van der Waals surface area contributed by atoms with E-state index in [1.54, 1.807) is 0 Å². The Morgan fingerprint density at radius 3 is 2.27 bits per heavy atom. The Morgan fingerprint density at radius 1 is 1.55 bits per heavy atom. The second kappa shape index (κ2) is 2.50. The van der Waals surface area contributed by atoms with E-state index in [0.29, 0.717) is 5.92 Å². The quantitative estimate of drug-likeness (QED) is 0.611. The lowest BCUT2D eigenvalue weighted by molar-refractivity contribution is -0.123. The Bertz CT molecular complexity index is 172. The third-order valence-corrected chi connectivity index (χ3v) is 2.33. The second-order valence-electron chi connectivity index (χ2n) is 4.43. The van der Waals surface area contributed by atoms with E-state index in [0.717, 1.165) is 6.42 Å². The first-order chi connectivity index (χ1) is 4.92. The van der Waals surface area contributed by atoms with Gasteiger partial charge in [-0.05, 0) is 26.2 Å². The van der Waals surface area contributed by atoms with Gasteiger partial charge in [0.1, 0.15) is 0 Å². The molecule has 1 fully saturated rings. The highest BCUT2D eigenvalue weighted by Crippen LogP contribution is 2.29. The Hall–Kier alpha value is -0.530. The lowest BCUT2D eigenvalue weighted by Crippen LogP contribution is -2.34. The molecular weight excluding hydrogens is 138 g/mol. The third kappa shape index (κ3) is 1.73. The molecule has 0 unspecified atom stereocenters. The molecule has 1 atom stereocenters.